The van der Waals surface area contributed by atoms with E-state index >= 15 is 0 Å². The number of carbonyl (C=O) groups excluding carboxylic acids is 1. The molecule has 1 aliphatic rings. The van der Waals surface area contributed by atoms with Crippen LogP contribution in [0.5, 0.6) is 11.6 Å². The monoisotopic (exact) mass is 544 g/mol. The van der Waals surface area contributed by atoms with Crippen LogP contribution in [0.15, 0.2) is 71.6 Å². The van der Waals surface area contributed by atoms with E-state index in [-0.39, 0.29) is 28.8 Å². The molecule has 1 aromatic heterocycles. The minimum absolute atomic E-state index is 0.0871. The zero-order valence-corrected chi connectivity index (χ0v) is 22.8. The lowest BCUT2D eigenvalue weighted by atomic mass is 9.93. The predicted octanol–water partition coefficient (Wildman–Crippen LogP) is 4.75. The van der Waals surface area contributed by atoms with Crippen molar-refractivity contribution in [2.45, 2.75) is 31.8 Å². The molecule has 1 aliphatic heterocycles. The second-order valence-corrected chi connectivity index (χ2v) is 11.0. The van der Waals surface area contributed by atoms with Crippen molar-refractivity contribution in [2.75, 3.05) is 18.4 Å². The molecule has 4 aromatic rings. The Labute approximate surface area is 227 Å². The van der Waals surface area contributed by atoms with E-state index in [4.69, 9.17) is 14.5 Å². The molecule has 1 amide bonds. The highest BCUT2D eigenvalue weighted by molar-refractivity contribution is 7.92. The van der Waals surface area contributed by atoms with E-state index in [1.54, 1.807) is 20.1 Å². The van der Waals surface area contributed by atoms with Gasteiger partial charge in [-0.25, -0.2) is 18.1 Å². The first kappa shape index (κ1) is 26.2. The van der Waals surface area contributed by atoms with Crippen molar-refractivity contribution in [1.29, 1.82) is 0 Å². The summed E-state index contributed by atoms with van der Waals surface area (Å²) in [6.45, 7) is 5.89. The zero-order valence-electron chi connectivity index (χ0n) is 22.0. The van der Waals surface area contributed by atoms with Crippen molar-refractivity contribution >= 4 is 21.9 Å². The number of hydrogen-bond acceptors (Lipinski definition) is 7. The molecule has 0 aliphatic carbocycles. The molecule has 0 unspecified atom stereocenters. The summed E-state index contributed by atoms with van der Waals surface area (Å²) in [6.07, 6.45) is -0.517. The van der Waals surface area contributed by atoms with E-state index in [0.29, 0.717) is 22.6 Å². The topological polar surface area (TPSA) is 120 Å². The molecule has 39 heavy (non-hydrogen) atoms. The highest BCUT2D eigenvalue weighted by atomic mass is 32.2. The Kier molecular flexibility index (Phi) is 6.96. The van der Waals surface area contributed by atoms with Gasteiger partial charge >= 0.3 is 0 Å². The molecule has 0 radical (unpaired) electrons. The SMILES string of the molecule is COc1ccccc1-c1c2nc(nc1-c1c(C)cccc1C)NS(=O)(=O)c1cccc(c1)C(=O)NC[C@@H](C)O2. The summed E-state index contributed by atoms with van der Waals surface area (Å²) in [5.41, 5.74) is 4.61. The Balaban J connectivity index is 1.83. The average Bonchev–Trinajstić information content (AvgIpc) is 2.91. The Morgan fingerprint density at radius 2 is 1.67 bits per heavy atom. The minimum Gasteiger partial charge on any atom is -0.496 e. The van der Waals surface area contributed by atoms with Crippen LogP contribution in [0.1, 0.15) is 28.4 Å². The summed E-state index contributed by atoms with van der Waals surface area (Å²) in [4.78, 5) is 22.0. The van der Waals surface area contributed by atoms with Crippen molar-refractivity contribution in [3.8, 4) is 34.0 Å². The van der Waals surface area contributed by atoms with Crippen LogP contribution in [-0.2, 0) is 10.0 Å². The Morgan fingerprint density at radius 1 is 0.949 bits per heavy atom. The number of anilines is 1. The number of nitrogens with zero attached hydrogens (tertiary/aromatic N) is 2. The highest BCUT2D eigenvalue weighted by Gasteiger charge is 2.27. The number of nitrogens with one attached hydrogen (secondary N) is 2. The number of benzene rings is 3. The third-order valence-corrected chi connectivity index (χ3v) is 7.79. The van der Waals surface area contributed by atoms with Crippen molar-refractivity contribution in [2.24, 2.45) is 0 Å². The molecule has 4 bridgehead atoms. The number of carbonyl (C=O) groups is 1. The van der Waals surface area contributed by atoms with Gasteiger partial charge in [0.2, 0.25) is 11.8 Å². The number of methoxy groups -OCH3 is 1. The lowest BCUT2D eigenvalue weighted by molar-refractivity contribution is 0.0931. The van der Waals surface area contributed by atoms with Crippen molar-refractivity contribution < 1.29 is 22.7 Å². The molecule has 3 aromatic carbocycles. The molecule has 2 N–H and O–H groups in total. The van der Waals surface area contributed by atoms with Gasteiger partial charge in [0.25, 0.3) is 15.9 Å². The van der Waals surface area contributed by atoms with Crippen molar-refractivity contribution in [1.82, 2.24) is 15.3 Å². The van der Waals surface area contributed by atoms with E-state index in [9.17, 15) is 13.2 Å². The fourth-order valence-corrected chi connectivity index (χ4v) is 5.58. The highest BCUT2D eigenvalue weighted by Crippen LogP contribution is 2.44. The van der Waals surface area contributed by atoms with E-state index in [0.717, 1.165) is 16.7 Å². The average molecular weight is 545 g/mol. The third-order valence-electron chi connectivity index (χ3n) is 6.47. The number of ether oxygens (including phenoxy) is 2. The summed E-state index contributed by atoms with van der Waals surface area (Å²) >= 11 is 0. The number of aryl methyl sites for hydroxylation is 2. The summed E-state index contributed by atoms with van der Waals surface area (Å²) < 4.78 is 41.3. The summed E-state index contributed by atoms with van der Waals surface area (Å²) in [5.74, 6) is 0.150. The van der Waals surface area contributed by atoms with E-state index in [1.165, 1.54) is 18.2 Å². The lowest BCUT2D eigenvalue weighted by Crippen LogP contribution is -2.33. The number of aromatic nitrogens is 2. The fourth-order valence-electron chi connectivity index (χ4n) is 4.59. The van der Waals surface area contributed by atoms with Gasteiger partial charge in [0.05, 0.1) is 29.8 Å². The smallest absolute Gasteiger partial charge is 0.264 e. The van der Waals surface area contributed by atoms with Crippen LogP contribution < -0.4 is 19.5 Å². The molecule has 2 heterocycles. The van der Waals surface area contributed by atoms with Crippen LogP contribution in [0, 0.1) is 13.8 Å². The van der Waals surface area contributed by atoms with Crippen LogP contribution in [-0.4, -0.2) is 44.1 Å². The Morgan fingerprint density at radius 3 is 2.41 bits per heavy atom. The molecule has 9 nitrogen and oxygen atoms in total. The molecular weight excluding hydrogens is 516 g/mol. The Bertz CT molecular complexity index is 1670. The molecule has 0 fully saturated rings. The van der Waals surface area contributed by atoms with Gasteiger partial charge in [0.15, 0.2) is 0 Å². The molecule has 5 rings (SSSR count). The number of hydrogen-bond donors (Lipinski definition) is 2. The van der Waals surface area contributed by atoms with Crippen LogP contribution in [0.25, 0.3) is 22.4 Å². The minimum atomic E-state index is -4.14. The van der Waals surface area contributed by atoms with Gasteiger partial charge in [-0.2, -0.15) is 4.98 Å². The zero-order chi connectivity index (χ0) is 27.7. The Hall–Kier alpha value is -4.44. The summed E-state index contributed by atoms with van der Waals surface area (Å²) in [5, 5.41) is 2.81. The first-order valence-corrected chi connectivity index (χ1v) is 13.9. The maximum atomic E-state index is 13.4. The fraction of sp³-hybridized carbons (Fsp3) is 0.207. The van der Waals surface area contributed by atoms with E-state index < -0.39 is 22.0 Å². The number of amides is 1. The maximum absolute atomic E-state index is 13.4. The van der Waals surface area contributed by atoms with E-state index in [2.05, 4.69) is 15.0 Å². The molecule has 10 heteroatoms. The molecule has 200 valence electrons. The van der Waals surface area contributed by atoms with Gasteiger partial charge in [-0.3, -0.25) is 4.79 Å². The van der Waals surface area contributed by atoms with Crippen LogP contribution in [0.2, 0.25) is 0 Å². The van der Waals surface area contributed by atoms with Gasteiger partial charge in [-0.1, -0.05) is 42.5 Å². The third kappa shape index (κ3) is 5.15. The second kappa shape index (κ2) is 10.4. The first-order chi connectivity index (χ1) is 18.7. The number of para-hydroxylation sites is 1. The second-order valence-electron chi connectivity index (χ2n) is 9.31. The van der Waals surface area contributed by atoms with Crippen LogP contribution in [0.3, 0.4) is 0 Å². The van der Waals surface area contributed by atoms with Gasteiger partial charge in [-0.15, -0.1) is 0 Å². The predicted molar refractivity (Wildman–Crippen MR) is 149 cm³/mol. The van der Waals surface area contributed by atoms with Gasteiger partial charge in [0.1, 0.15) is 11.9 Å². The van der Waals surface area contributed by atoms with Crippen molar-refractivity contribution in [3.05, 3.63) is 83.4 Å². The standard InChI is InChI=1S/C29H28N4O5S/c1-17-9-7-10-18(2)24(17)26-25(22-13-5-6-14-23(22)37-4)28-32-29(31-26)33-39(35,36)21-12-8-11-20(15-21)27(34)30-16-19(3)38-28/h5-15,19H,16H2,1-4H3,(H,30,34)(H,31,32,33)/t19-/m1/s1. The lowest BCUT2D eigenvalue weighted by Gasteiger charge is -2.22. The maximum Gasteiger partial charge on any atom is 0.264 e. The molecule has 1 atom stereocenters. The summed E-state index contributed by atoms with van der Waals surface area (Å²) in [7, 11) is -2.57. The van der Waals surface area contributed by atoms with Gasteiger partial charge < -0.3 is 14.8 Å². The molecule has 0 spiro atoms. The van der Waals surface area contributed by atoms with Gasteiger partial charge in [-0.05, 0) is 56.2 Å². The number of fused-ring (bicyclic) bond motifs is 4. The number of rotatable bonds is 3. The normalized spacial score (nSPS) is 16.4. The first-order valence-electron chi connectivity index (χ1n) is 12.4. The largest absolute Gasteiger partial charge is 0.496 e. The van der Waals surface area contributed by atoms with Crippen molar-refractivity contribution in [3.63, 3.8) is 0 Å². The quantitative estimate of drug-likeness (QED) is 0.382. The summed E-state index contributed by atoms with van der Waals surface area (Å²) in [6, 6.07) is 19.1. The van der Waals surface area contributed by atoms with Gasteiger partial charge in [0, 0.05) is 16.7 Å². The molecule has 0 saturated carbocycles. The van der Waals surface area contributed by atoms with E-state index in [1.807, 2.05) is 56.3 Å². The number of sulfonamides is 1. The van der Waals surface area contributed by atoms with Crippen LogP contribution in [0.4, 0.5) is 5.95 Å². The van der Waals surface area contributed by atoms with Crippen LogP contribution >= 0.6 is 0 Å². The molecule has 0 saturated heterocycles. The molecular formula is C29H28N4O5S.